The van der Waals surface area contributed by atoms with E-state index in [-0.39, 0.29) is 0 Å². The summed E-state index contributed by atoms with van der Waals surface area (Å²) in [5, 5.41) is 7.17. The molecular weight excluding hydrogens is 703 g/mol. The van der Waals surface area contributed by atoms with Gasteiger partial charge in [-0.2, -0.15) is 0 Å². The zero-order chi connectivity index (χ0) is 38.4. The van der Waals surface area contributed by atoms with Gasteiger partial charge in [0.1, 0.15) is 5.58 Å². The van der Waals surface area contributed by atoms with Gasteiger partial charge in [-0.3, -0.25) is 0 Å². The van der Waals surface area contributed by atoms with Crippen LogP contribution in [-0.4, -0.2) is 0 Å². The van der Waals surface area contributed by atoms with Crippen LogP contribution in [0.2, 0.25) is 0 Å². The fraction of sp³-hybridized carbons (Fsp3) is 0. The second kappa shape index (κ2) is 14.1. The van der Waals surface area contributed by atoms with Gasteiger partial charge in [-0.25, -0.2) is 0 Å². The van der Waals surface area contributed by atoms with Gasteiger partial charge >= 0.3 is 0 Å². The van der Waals surface area contributed by atoms with Crippen LogP contribution in [-0.2, 0) is 0 Å². The Morgan fingerprint density at radius 3 is 1.72 bits per heavy atom. The summed E-state index contributed by atoms with van der Waals surface area (Å²) in [7, 11) is 0. The van der Waals surface area contributed by atoms with Gasteiger partial charge in [0.15, 0.2) is 5.58 Å². The Hall–Kier alpha value is -7.68. The summed E-state index contributed by atoms with van der Waals surface area (Å²) in [6.45, 7) is 0. The lowest BCUT2D eigenvalue weighted by atomic mass is 9.95. The zero-order valence-corrected chi connectivity index (χ0v) is 31.7. The first-order chi connectivity index (χ1) is 28.7. The first kappa shape index (κ1) is 33.6. The van der Waals surface area contributed by atoms with Crippen molar-refractivity contribution in [1.82, 2.24) is 0 Å². The highest BCUT2D eigenvalue weighted by Crippen LogP contribution is 2.44. The van der Waals surface area contributed by atoms with E-state index in [1.165, 1.54) is 49.4 Å². The lowest BCUT2D eigenvalue weighted by Gasteiger charge is -2.26. The van der Waals surface area contributed by atoms with Gasteiger partial charge in [-0.05, 0) is 121 Å². The summed E-state index contributed by atoms with van der Waals surface area (Å²) < 4.78 is 6.66. The molecule has 0 aliphatic rings. The van der Waals surface area contributed by atoms with Crippen molar-refractivity contribution in [3.05, 3.63) is 224 Å². The van der Waals surface area contributed by atoms with E-state index < -0.39 is 0 Å². The van der Waals surface area contributed by atoms with E-state index in [1.807, 2.05) is 12.1 Å². The molecule has 0 spiro atoms. The van der Waals surface area contributed by atoms with Crippen molar-refractivity contribution < 1.29 is 4.42 Å². The quantitative estimate of drug-likeness (QED) is 0.162. The van der Waals surface area contributed by atoms with Crippen LogP contribution in [0.3, 0.4) is 0 Å². The molecule has 0 aliphatic heterocycles. The highest BCUT2D eigenvalue weighted by molar-refractivity contribution is 6.10. The highest BCUT2D eigenvalue weighted by Gasteiger charge is 2.20. The summed E-state index contributed by atoms with van der Waals surface area (Å²) >= 11 is 0. The fourth-order valence-corrected chi connectivity index (χ4v) is 8.53. The number of benzene rings is 10. The zero-order valence-electron chi connectivity index (χ0n) is 31.7. The molecular formula is C56H37NO. The van der Waals surface area contributed by atoms with Crippen LogP contribution in [0.5, 0.6) is 0 Å². The van der Waals surface area contributed by atoms with Crippen molar-refractivity contribution in [1.29, 1.82) is 0 Å². The Bertz CT molecular complexity index is 3290. The molecule has 10 aromatic carbocycles. The van der Waals surface area contributed by atoms with Gasteiger partial charge in [-0.15, -0.1) is 0 Å². The number of rotatable bonds is 7. The first-order valence-electron chi connectivity index (χ1n) is 19.8. The minimum absolute atomic E-state index is 0.861. The molecule has 1 aromatic heterocycles. The minimum atomic E-state index is 0.861. The predicted octanol–water partition coefficient (Wildman–Crippen LogP) is 16.0. The average Bonchev–Trinajstić information content (AvgIpc) is 3.69. The van der Waals surface area contributed by atoms with Crippen molar-refractivity contribution in [2.75, 3.05) is 4.90 Å². The third-order valence-corrected chi connectivity index (χ3v) is 11.4. The van der Waals surface area contributed by atoms with E-state index in [9.17, 15) is 0 Å². The SMILES string of the molecule is c1ccc(-c2cccc3ccc(-c4ccc(N(c5cccc(-c6cccc(-c7ccc8ccccc8c7)c6)c5)c5cccc6c5oc5ccccc56)cc4)cc23)cc1. The van der Waals surface area contributed by atoms with Crippen molar-refractivity contribution in [3.8, 4) is 44.5 Å². The molecule has 0 fully saturated rings. The van der Waals surface area contributed by atoms with Gasteiger partial charge in [-0.1, -0.05) is 170 Å². The number of hydrogen-bond acceptors (Lipinski definition) is 2. The number of anilines is 3. The van der Waals surface area contributed by atoms with Crippen molar-refractivity contribution in [2.24, 2.45) is 0 Å². The normalized spacial score (nSPS) is 11.4. The first-order valence-corrected chi connectivity index (χ1v) is 19.8. The van der Waals surface area contributed by atoms with Crippen LogP contribution in [0.15, 0.2) is 229 Å². The molecule has 58 heavy (non-hydrogen) atoms. The maximum atomic E-state index is 6.66. The van der Waals surface area contributed by atoms with E-state index in [0.29, 0.717) is 0 Å². The largest absolute Gasteiger partial charge is 0.454 e. The molecule has 0 atom stereocenters. The van der Waals surface area contributed by atoms with Crippen molar-refractivity contribution >= 4 is 60.5 Å². The van der Waals surface area contributed by atoms with Crippen LogP contribution < -0.4 is 4.90 Å². The molecule has 2 heteroatoms. The predicted molar refractivity (Wildman–Crippen MR) is 245 cm³/mol. The number of hydrogen-bond donors (Lipinski definition) is 0. The van der Waals surface area contributed by atoms with Gasteiger partial charge in [0.25, 0.3) is 0 Å². The molecule has 272 valence electrons. The summed E-state index contributed by atoms with van der Waals surface area (Å²) in [5.41, 5.74) is 14.3. The Balaban J connectivity index is 1.02. The van der Waals surface area contributed by atoms with Crippen molar-refractivity contribution in [2.45, 2.75) is 0 Å². The van der Waals surface area contributed by atoms with Crippen LogP contribution in [0.1, 0.15) is 0 Å². The van der Waals surface area contributed by atoms with E-state index in [1.54, 1.807) is 0 Å². The second-order valence-corrected chi connectivity index (χ2v) is 14.9. The van der Waals surface area contributed by atoms with Crippen LogP contribution in [0.25, 0.3) is 88.0 Å². The molecule has 0 saturated heterocycles. The molecule has 0 bridgehead atoms. The number of fused-ring (bicyclic) bond motifs is 5. The standard InChI is InChI=1S/C56H37NO/c1-2-13-40(14-3-1)50-22-10-16-41-27-29-47(37-53(41)50)39-30-32-48(33-31-39)57(54-24-11-23-52-51-21-6-7-25-55(51)58-56(52)54)49-20-9-19-45(36-49)43-17-8-18-44(35-43)46-28-26-38-12-4-5-15-42(38)34-46/h1-37H. The molecule has 0 amide bonds. The second-order valence-electron chi connectivity index (χ2n) is 14.9. The molecule has 2 nitrogen and oxygen atoms in total. The van der Waals surface area contributed by atoms with Crippen LogP contribution in [0, 0.1) is 0 Å². The maximum Gasteiger partial charge on any atom is 0.159 e. The monoisotopic (exact) mass is 739 g/mol. The third kappa shape index (κ3) is 6.00. The topological polar surface area (TPSA) is 16.4 Å². The lowest BCUT2D eigenvalue weighted by Crippen LogP contribution is -2.10. The number of furan rings is 1. The number of nitrogens with zero attached hydrogens (tertiary/aromatic N) is 1. The van der Waals surface area contributed by atoms with Crippen LogP contribution in [0.4, 0.5) is 17.1 Å². The molecule has 0 aliphatic carbocycles. The van der Waals surface area contributed by atoms with E-state index >= 15 is 0 Å². The Morgan fingerprint density at radius 2 is 0.879 bits per heavy atom. The van der Waals surface area contributed by atoms with Gasteiger partial charge in [0.05, 0.1) is 5.69 Å². The fourth-order valence-electron chi connectivity index (χ4n) is 8.53. The van der Waals surface area contributed by atoms with Crippen LogP contribution >= 0.6 is 0 Å². The lowest BCUT2D eigenvalue weighted by molar-refractivity contribution is 0.669. The molecule has 11 rings (SSSR count). The molecule has 11 aromatic rings. The smallest absolute Gasteiger partial charge is 0.159 e. The Morgan fingerprint density at radius 1 is 0.293 bits per heavy atom. The molecule has 0 unspecified atom stereocenters. The van der Waals surface area contributed by atoms with Gasteiger partial charge in [0.2, 0.25) is 0 Å². The summed E-state index contributed by atoms with van der Waals surface area (Å²) in [6, 6.07) is 80.7. The van der Waals surface area contributed by atoms with E-state index in [2.05, 4.69) is 217 Å². The Kier molecular flexibility index (Phi) is 8.19. The summed E-state index contributed by atoms with van der Waals surface area (Å²) in [6.07, 6.45) is 0. The van der Waals surface area contributed by atoms with E-state index in [4.69, 9.17) is 4.42 Å². The number of para-hydroxylation sites is 2. The molecule has 0 radical (unpaired) electrons. The molecule has 0 N–H and O–H groups in total. The highest BCUT2D eigenvalue weighted by atomic mass is 16.3. The minimum Gasteiger partial charge on any atom is -0.454 e. The third-order valence-electron chi connectivity index (χ3n) is 11.4. The Labute approximate surface area is 337 Å². The van der Waals surface area contributed by atoms with Gasteiger partial charge in [0, 0.05) is 22.1 Å². The van der Waals surface area contributed by atoms with E-state index in [0.717, 1.165) is 55.7 Å². The summed E-state index contributed by atoms with van der Waals surface area (Å²) in [4.78, 5) is 2.33. The average molecular weight is 740 g/mol. The van der Waals surface area contributed by atoms with Gasteiger partial charge < -0.3 is 9.32 Å². The summed E-state index contributed by atoms with van der Waals surface area (Å²) in [5.74, 6) is 0. The maximum absolute atomic E-state index is 6.66. The molecule has 1 heterocycles. The van der Waals surface area contributed by atoms with Crippen molar-refractivity contribution in [3.63, 3.8) is 0 Å². The molecule has 0 saturated carbocycles.